The minimum Gasteiger partial charge on any atom is -0.378 e. The number of amides is 1. The number of aryl methyl sites for hydroxylation is 1. The van der Waals surface area contributed by atoms with Gasteiger partial charge in [0, 0.05) is 49.1 Å². The van der Waals surface area contributed by atoms with E-state index in [1.807, 2.05) is 13.0 Å². The fourth-order valence-corrected chi connectivity index (χ4v) is 2.89. The molecular weight excluding hydrogens is 358 g/mol. The highest BCUT2D eigenvalue weighted by Gasteiger charge is 2.14. The van der Waals surface area contributed by atoms with Gasteiger partial charge in [-0.25, -0.2) is 4.98 Å². The number of benzene rings is 1. The number of nitrogens with one attached hydrogen (secondary N) is 2. The third-order valence-corrected chi connectivity index (χ3v) is 4.42. The van der Waals surface area contributed by atoms with Gasteiger partial charge in [0.15, 0.2) is 5.78 Å². The van der Waals surface area contributed by atoms with Crippen LogP contribution in [0, 0.1) is 6.92 Å². The van der Waals surface area contributed by atoms with Gasteiger partial charge in [0.2, 0.25) is 5.95 Å². The van der Waals surface area contributed by atoms with E-state index in [0.29, 0.717) is 43.4 Å². The predicted octanol–water partition coefficient (Wildman–Crippen LogP) is 1.67. The van der Waals surface area contributed by atoms with Crippen molar-refractivity contribution in [2.45, 2.75) is 13.8 Å². The summed E-state index contributed by atoms with van der Waals surface area (Å²) in [5, 5.41) is 6.00. The first-order valence-electron chi connectivity index (χ1n) is 9.34. The van der Waals surface area contributed by atoms with Gasteiger partial charge in [0.25, 0.3) is 5.91 Å². The molecule has 0 unspecified atom stereocenters. The average molecular weight is 383 g/mol. The number of Topliss-reactive ketones (excluding diaryl/α,β-unsaturated/α-hetero) is 1. The van der Waals surface area contributed by atoms with Crippen molar-refractivity contribution < 1.29 is 14.3 Å². The van der Waals surface area contributed by atoms with Crippen LogP contribution in [0.3, 0.4) is 0 Å². The topological polar surface area (TPSA) is 96.5 Å². The SMILES string of the molecule is CC(=O)c1ccc(C(=O)NCCNc2nc(C)cc(N3CCOCC3)n2)cc1. The lowest BCUT2D eigenvalue weighted by Gasteiger charge is -2.28. The molecule has 0 atom stereocenters. The molecule has 3 rings (SSSR count). The lowest BCUT2D eigenvalue weighted by atomic mass is 10.1. The Balaban J connectivity index is 1.50. The van der Waals surface area contributed by atoms with Crippen molar-refractivity contribution in [3.8, 4) is 0 Å². The molecule has 1 fully saturated rings. The van der Waals surface area contributed by atoms with Gasteiger partial charge < -0.3 is 20.3 Å². The van der Waals surface area contributed by atoms with Crippen molar-refractivity contribution in [1.82, 2.24) is 15.3 Å². The molecule has 8 heteroatoms. The standard InChI is InChI=1S/C20H25N5O3/c1-14-13-18(25-9-11-28-12-10-25)24-20(23-14)22-8-7-21-19(27)17-5-3-16(4-6-17)15(2)26/h3-6,13H,7-12H2,1-2H3,(H,21,27)(H,22,23,24). The highest BCUT2D eigenvalue weighted by Crippen LogP contribution is 2.16. The first-order valence-corrected chi connectivity index (χ1v) is 9.34. The number of nitrogens with zero attached hydrogens (tertiary/aromatic N) is 3. The molecule has 1 aromatic carbocycles. The Morgan fingerprint density at radius 2 is 1.75 bits per heavy atom. The molecule has 1 saturated heterocycles. The summed E-state index contributed by atoms with van der Waals surface area (Å²) in [5.41, 5.74) is 1.99. The number of ether oxygens (including phenoxy) is 1. The van der Waals surface area contributed by atoms with E-state index in [0.717, 1.165) is 24.6 Å². The van der Waals surface area contributed by atoms with Crippen LogP contribution in [0.1, 0.15) is 33.3 Å². The summed E-state index contributed by atoms with van der Waals surface area (Å²) in [7, 11) is 0. The number of ketones is 1. The van der Waals surface area contributed by atoms with Crippen LogP contribution < -0.4 is 15.5 Å². The zero-order valence-electron chi connectivity index (χ0n) is 16.2. The lowest BCUT2D eigenvalue weighted by molar-refractivity contribution is 0.0953. The second-order valence-electron chi connectivity index (χ2n) is 6.61. The number of aromatic nitrogens is 2. The van der Waals surface area contributed by atoms with Gasteiger partial charge >= 0.3 is 0 Å². The van der Waals surface area contributed by atoms with E-state index in [1.54, 1.807) is 24.3 Å². The van der Waals surface area contributed by atoms with Crippen LogP contribution in [0.15, 0.2) is 30.3 Å². The smallest absolute Gasteiger partial charge is 0.251 e. The first-order chi connectivity index (χ1) is 13.5. The van der Waals surface area contributed by atoms with Gasteiger partial charge in [-0.3, -0.25) is 9.59 Å². The number of hydrogen-bond donors (Lipinski definition) is 2. The Labute approximate surface area is 164 Å². The lowest BCUT2D eigenvalue weighted by Crippen LogP contribution is -2.37. The maximum atomic E-state index is 12.2. The van der Waals surface area contributed by atoms with Crippen molar-refractivity contribution in [2.24, 2.45) is 0 Å². The van der Waals surface area contributed by atoms with E-state index < -0.39 is 0 Å². The molecule has 28 heavy (non-hydrogen) atoms. The molecule has 0 radical (unpaired) electrons. The van der Waals surface area contributed by atoms with Crippen molar-refractivity contribution in [3.63, 3.8) is 0 Å². The molecule has 8 nitrogen and oxygen atoms in total. The second-order valence-corrected chi connectivity index (χ2v) is 6.61. The van der Waals surface area contributed by atoms with Crippen molar-refractivity contribution in [3.05, 3.63) is 47.2 Å². The number of carbonyl (C=O) groups is 2. The molecule has 0 aliphatic carbocycles. The predicted molar refractivity (Wildman–Crippen MR) is 107 cm³/mol. The average Bonchev–Trinajstić information content (AvgIpc) is 2.71. The molecule has 148 valence electrons. The molecule has 0 saturated carbocycles. The molecule has 1 amide bonds. The normalized spacial score (nSPS) is 13.9. The van der Waals surface area contributed by atoms with Crippen molar-refractivity contribution in [1.29, 1.82) is 0 Å². The largest absolute Gasteiger partial charge is 0.378 e. The van der Waals surface area contributed by atoms with Crippen LogP contribution in [0.4, 0.5) is 11.8 Å². The van der Waals surface area contributed by atoms with Crippen LogP contribution in [0.5, 0.6) is 0 Å². The van der Waals surface area contributed by atoms with E-state index in [1.165, 1.54) is 6.92 Å². The molecule has 0 spiro atoms. The summed E-state index contributed by atoms with van der Waals surface area (Å²) in [4.78, 5) is 34.6. The van der Waals surface area contributed by atoms with Gasteiger partial charge in [0.1, 0.15) is 5.82 Å². The van der Waals surface area contributed by atoms with E-state index in [-0.39, 0.29) is 11.7 Å². The van der Waals surface area contributed by atoms with Crippen LogP contribution in [-0.2, 0) is 4.74 Å². The van der Waals surface area contributed by atoms with Crippen LogP contribution in [-0.4, -0.2) is 61.1 Å². The molecule has 1 aliphatic rings. The summed E-state index contributed by atoms with van der Waals surface area (Å²) in [6, 6.07) is 8.57. The van der Waals surface area contributed by atoms with Crippen LogP contribution >= 0.6 is 0 Å². The van der Waals surface area contributed by atoms with E-state index in [9.17, 15) is 9.59 Å². The summed E-state index contributed by atoms with van der Waals surface area (Å²) in [5.74, 6) is 1.22. The number of morpholine rings is 1. The first kappa shape index (κ1) is 19.8. The monoisotopic (exact) mass is 383 g/mol. The van der Waals surface area contributed by atoms with Crippen molar-refractivity contribution >= 4 is 23.5 Å². The fourth-order valence-electron chi connectivity index (χ4n) is 2.89. The number of hydrogen-bond acceptors (Lipinski definition) is 7. The van der Waals surface area contributed by atoms with E-state index >= 15 is 0 Å². The summed E-state index contributed by atoms with van der Waals surface area (Å²) < 4.78 is 5.38. The molecule has 2 aromatic rings. The summed E-state index contributed by atoms with van der Waals surface area (Å²) in [6.07, 6.45) is 0. The highest BCUT2D eigenvalue weighted by atomic mass is 16.5. The van der Waals surface area contributed by atoms with Gasteiger partial charge in [0.05, 0.1) is 13.2 Å². The zero-order valence-corrected chi connectivity index (χ0v) is 16.2. The van der Waals surface area contributed by atoms with Gasteiger partial charge in [-0.1, -0.05) is 12.1 Å². The molecule has 2 heterocycles. The van der Waals surface area contributed by atoms with E-state index in [2.05, 4.69) is 25.5 Å². The van der Waals surface area contributed by atoms with Crippen LogP contribution in [0.25, 0.3) is 0 Å². The summed E-state index contributed by atoms with van der Waals surface area (Å²) >= 11 is 0. The Kier molecular flexibility index (Phi) is 6.54. The number of anilines is 2. The minimum atomic E-state index is -0.184. The molecule has 0 bridgehead atoms. The second kappa shape index (κ2) is 9.27. The van der Waals surface area contributed by atoms with Gasteiger partial charge in [-0.15, -0.1) is 0 Å². The Bertz CT molecular complexity index is 832. The third kappa shape index (κ3) is 5.26. The van der Waals surface area contributed by atoms with Crippen molar-refractivity contribution in [2.75, 3.05) is 49.6 Å². The van der Waals surface area contributed by atoms with Gasteiger partial charge in [-0.05, 0) is 26.0 Å². The maximum Gasteiger partial charge on any atom is 0.251 e. The van der Waals surface area contributed by atoms with Crippen LogP contribution in [0.2, 0.25) is 0 Å². The Morgan fingerprint density at radius 3 is 2.43 bits per heavy atom. The molecule has 2 N–H and O–H groups in total. The Morgan fingerprint density at radius 1 is 1.07 bits per heavy atom. The van der Waals surface area contributed by atoms with Gasteiger partial charge in [-0.2, -0.15) is 4.98 Å². The third-order valence-electron chi connectivity index (χ3n) is 4.42. The number of carbonyl (C=O) groups excluding carboxylic acids is 2. The minimum absolute atomic E-state index is 0.0224. The molecular formula is C20H25N5O3. The summed E-state index contributed by atoms with van der Waals surface area (Å²) in [6.45, 7) is 7.39. The highest BCUT2D eigenvalue weighted by molar-refractivity contribution is 5.97. The fraction of sp³-hybridized carbons (Fsp3) is 0.400. The molecule has 1 aromatic heterocycles. The Hall–Kier alpha value is -3.00. The quantitative estimate of drug-likeness (QED) is 0.554. The molecule has 1 aliphatic heterocycles. The zero-order chi connectivity index (χ0) is 19.9. The number of rotatable bonds is 7. The maximum absolute atomic E-state index is 12.2. The van der Waals surface area contributed by atoms with E-state index in [4.69, 9.17) is 4.74 Å².